The number of unbranched alkanes of at least 4 members (excludes halogenated alkanes) is 1. The summed E-state index contributed by atoms with van der Waals surface area (Å²) in [4.78, 5) is 3.83. The van der Waals surface area contributed by atoms with E-state index in [0.717, 1.165) is 19.3 Å². The molecule has 3 heteroatoms. The van der Waals surface area contributed by atoms with Gasteiger partial charge in [-0.3, -0.25) is 0 Å². The molecule has 0 atom stereocenters. The number of nitrogens with two attached hydrogens (primary N) is 1. The Labute approximate surface area is 71.6 Å². The standard InChI is InChI=1S/C9H13FN2/c1-2-3-4-7-6-12-9(11)5-8(7)10/h5-6H,2-4H2,1H3,(H2,11,12). The highest BCUT2D eigenvalue weighted by molar-refractivity contribution is 5.30. The van der Waals surface area contributed by atoms with E-state index >= 15 is 0 Å². The minimum absolute atomic E-state index is 0.240. The van der Waals surface area contributed by atoms with Crippen molar-refractivity contribution < 1.29 is 4.39 Å². The number of aryl methyl sites for hydroxylation is 1. The van der Waals surface area contributed by atoms with Crippen LogP contribution in [0.2, 0.25) is 0 Å². The Morgan fingerprint density at radius 2 is 2.33 bits per heavy atom. The van der Waals surface area contributed by atoms with Crippen LogP contribution in [0.4, 0.5) is 10.2 Å². The Bertz CT molecular complexity index is 261. The molecule has 0 aliphatic rings. The van der Waals surface area contributed by atoms with Gasteiger partial charge in [0.2, 0.25) is 0 Å². The molecule has 0 saturated carbocycles. The average Bonchev–Trinajstić information content (AvgIpc) is 2.03. The molecule has 0 unspecified atom stereocenters. The van der Waals surface area contributed by atoms with Gasteiger partial charge in [-0.05, 0) is 12.8 Å². The predicted molar refractivity (Wildman–Crippen MR) is 47.2 cm³/mol. The van der Waals surface area contributed by atoms with Crippen molar-refractivity contribution in [2.45, 2.75) is 26.2 Å². The van der Waals surface area contributed by atoms with Gasteiger partial charge in [0.1, 0.15) is 11.6 Å². The average molecular weight is 168 g/mol. The van der Waals surface area contributed by atoms with Gasteiger partial charge in [0.05, 0.1) is 0 Å². The second kappa shape index (κ2) is 4.04. The summed E-state index contributed by atoms with van der Waals surface area (Å²) in [6.07, 6.45) is 4.31. The largest absolute Gasteiger partial charge is 0.384 e. The Hall–Kier alpha value is -1.12. The van der Waals surface area contributed by atoms with Gasteiger partial charge < -0.3 is 5.73 Å². The third kappa shape index (κ3) is 2.19. The summed E-state index contributed by atoms with van der Waals surface area (Å²) >= 11 is 0. The lowest BCUT2D eigenvalue weighted by Gasteiger charge is -2.01. The van der Waals surface area contributed by atoms with E-state index in [0.29, 0.717) is 5.56 Å². The molecule has 12 heavy (non-hydrogen) atoms. The van der Waals surface area contributed by atoms with Gasteiger partial charge in [0, 0.05) is 17.8 Å². The minimum Gasteiger partial charge on any atom is -0.384 e. The van der Waals surface area contributed by atoms with Crippen LogP contribution in [0.15, 0.2) is 12.3 Å². The smallest absolute Gasteiger partial charge is 0.131 e. The van der Waals surface area contributed by atoms with Gasteiger partial charge in [0.15, 0.2) is 0 Å². The third-order valence-electron chi connectivity index (χ3n) is 1.75. The molecule has 0 radical (unpaired) electrons. The van der Waals surface area contributed by atoms with Crippen molar-refractivity contribution in [3.63, 3.8) is 0 Å². The molecular formula is C9H13FN2. The quantitative estimate of drug-likeness (QED) is 0.751. The van der Waals surface area contributed by atoms with Gasteiger partial charge in [0.25, 0.3) is 0 Å². The number of pyridine rings is 1. The summed E-state index contributed by atoms with van der Waals surface area (Å²) in [5.41, 5.74) is 5.96. The Morgan fingerprint density at radius 3 is 2.92 bits per heavy atom. The van der Waals surface area contributed by atoms with Crippen LogP contribution in [0.25, 0.3) is 0 Å². The zero-order chi connectivity index (χ0) is 8.97. The maximum absolute atomic E-state index is 13.1. The lowest BCUT2D eigenvalue weighted by Crippen LogP contribution is -1.96. The first-order chi connectivity index (χ1) is 5.74. The minimum atomic E-state index is -0.240. The predicted octanol–water partition coefficient (Wildman–Crippen LogP) is 2.15. The van der Waals surface area contributed by atoms with Crippen molar-refractivity contribution in [3.05, 3.63) is 23.6 Å². The number of hydrogen-bond acceptors (Lipinski definition) is 2. The highest BCUT2D eigenvalue weighted by Crippen LogP contribution is 2.11. The Morgan fingerprint density at radius 1 is 1.58 bits per heavy atom. The highest BCUT2D eigenvalue weighted by atomic mass is 19.1. The van der Waals surface area contributed by atoms with Crippen LogP contribution in [0, 0.1) is 5.82 Å². The first-order valence-electron chi connectivity index (χ1n) is 4.14. The summed E-state index contributed by atoms with van der Waals surface area (Å²) in [5, 5.41) is 0. The maximum atomic E-state index is 13.1. The van der Waals surface area contributed by atoms with Crippen LogP contribution < -0.4 is 5.73 Å². The number of aromatic nitrogens is 1. The molecule has 0 spiro atoms. The second-order valence-corrected chi connectivity index (χ2v) is 2.80. The van der Waals surface area contributed by atoms with Crippen LogP contribution in [-0.4, -0.2) is 4.98 Å². The van der Waals surface area contributed by atoms with E-state index in [-0.39, 0.29) is 11.6 Å². The first kappa shape index (κ1) is 8.97. The molecule has 0 amide bonds. The van der Waals surface area contributed by atoms with Crippen molar-refractivity contribution in [1.29, 1.82) is 0 Å². The second-order valence-electron chi connectivity index (χ2n) is 2.80. The summed E-state index contributed by atoms with van der Waals surface area (Å²) < 4.78 is 13.1. The fourth-order valence-electron chi connectivity index (χ4n) is 1.03. The number of rotatable bonds is 3. The number of nitrogen functional groups attached to an aromatic ring is 1. The molecule has 0 aliphatic carbocycles. The van der Waals surface area contributed by atoms with Crippen molar-refractivity contribution in [1.82, 2.24) is 4.98 Å². The zero-order valence-corrected chi connectivity index (χ0v) is 7.18. The number of halogens is 1. The highest BCUT2D eigenvalue weighted by Gasteiger charge is 2.01. The van der Waals surface area contributed by atoms with Crippen molar-refractivity contribution in [2.24, 2.45) is 0 Å². The van der Waals surface area contributed by atoms with Crippen molar-refractivity contribution in [2.75, 3.05) is 5.73 Å². The molecule has 0 fully saturated rings. The lowest BCUT2D eigenvalue weighted by atomic mass is 10.1. The topological polar surface area (TPSA) is 38.9 Å². The first-order valence-corrected chi connectivity index (χ1v) is 4.14. The molecule has 0 saturated heterocycles. The molecule has 1 aromatic heterocycles. The van der Waals surface area contributed by atoms with Gasteiger partial charge in [-0.25, -0.2) is 9.37 Å². The van der Waals surface area contributed by atoms with E-state index in [1.165, 1.54) is 12.3 Å². The molecule has 66 valence electrons. The lowest BCUT2D eigenvalue weighted by molar-refractivity contribution is 0.601. The van der Waals surface area contributed by atoms with E-state index in [4.69, 9.17) is 5.73 Å². The normalized spacial score (nSPS) is 10.2. The van der Waals surface area contributed by atoms with Gasteiger partial charge in [-0.2, -0.15) is 0 Å². The number of hydrogen-bond donors (Lipinski definition) is 1. The molecule has 2 nitrogen and oxygen atoms in total. The summed E-state index contributed by atoms with van der Waals surface area (Å²) in [6.45, 7) is 2.07. The van der Waals surface area contributed by atoms with Gasteiger partial charge in [-0.15, -0.1) is 0 Å². The summed E-state index contributed by atoms with van der Waals surface area (Å²) in [6, 6.07) is 1.27. The molecule has 0 aliphatic heterocycles. The van der Waals surface area contributed by atoms with Gasteiger partial charge >= 0.3 is 0 Å². The third-order valence-corrected chi connectivity index (χ3v) is 1.75. The summed E-state index contributed by atoms with van der Waals surface area (Å²) in [5.74, 6) is 0.00342. The maximum Gasteiger partial charge on any atom is 0.131 e. The van der Waals surface area contributed by atoms with E-state index in [1.807, 2.05) is 0 Å². The van der Waals surface area contributed by atoms with E-state index < -0.39 is 0 Å². The molecule has 1 rings (SSSR count). The van der Waals surface area contributed by atoms with Gasteiger partial charge in [-0.1, -0.05) is 13.3 Å². The molecule has 2 N–H and O–H groups in total. The SMILES string of the molecule is CCCCc1cnc(N)cc1F. The fourth-order valence-corrected chi connectivity index (χ4v) is 1.03. The van der Waals surface area contributed by atoms with Crippen LogP contribution in [0.5, 0.6) is 0 Å². The number of anilines is 1. The fraction of sp³-hybridized carbons (Fsp3) is 0.444. The molecule has 1 heterocycles. The molecule has 0 aromatic carbocycles. The van der Waals surface area contributed by atoms with Crippen molar-refractivity contribution >= 4 is 5.82 Å². The molecule has 1 aromatic rings. The van der Waals surface area contributed by atoms with Crippen LogP contribution in [0.3, 0.4) is 0 Å². The Balaban J connectivity index is 2.72. The zero-order valence-electron chi connectivity index (χ0n) is 7.18. The molecule has 0 bridgehead atoms. The van der Waals surface area contributed by atoms with Crippen LogP contribution in [0.1, 0.15) is 25.3 Å². The van der Waals surface area contributed by atoms with E-state index in [9.17, 15) is 4.39 Å². The van der Waals surface area contributed by atoms with E-state index in [2.05, 4.69) is 11.9 Å². The monoisotopic (exact) mass is 168 g/mol. The Kier molecular flexibility index (Phi) is 3.02. The van der Waals surface area contributed by atoms with Crippen LogP contribution >= 0.6 is 0 Å². The van der Waals surface area contributed by atoms with Crippen molar-refractivity contribution in [3.8, 4) is 0 Å². The van der Waals surface area contributed by atoms with Crippen LogP contribution in [-0.2, 0) is 6.42 Å². The van der Waals surface area contributed by atoms with E-state index in [1.54, 1.807) is 0 Å². The molecular weight excluding hydrogens is 155 g/mol. The number of nitrogens with zero attached hydrogens (tertiary/aromatic N) is 1. The summed E-state index contributed by atoms with van der Waals surface area (Å²) in [7, 11) is 0.